The number of carbonyl (C=O) groups is 1. The first-order chi connectivity index (χ1) is 9.06. The zero-order chi connectivity index (χ0) is 13.8. The largest absolute Gasteiger partial charge is 0.345 e. The Bertz CT molecular complexity index is 567. The third kappa shape index (κ3) is 3.69. The second kappa shape index (κ2) is 6.04. The van der Waals surface area contributed by atoms with Crippen molar-refractivity contribution in [1.82, 2.24) is 10.3 Å². The minimum absolute atomic E-state index is 0.111. The number of rotatable bonds is 3. The molecule has 0 bridgehead atoms. The van der Waals surface area contributed by atoms with Crippen molar-refractivity contribution >= 4 is 29.1 Å². The van der Waals surface area contributed by atoms with E-state index in [9.17, 15) is 4.79 Å². The molecule has 0 saturated heterocycles. The van der Waals surface area contributed by atoms with Crippen molar-refractivity contribution in [2.75, 3.05) is 0 Å². The van der Waals surface area contributed by atoms with Crippen LogP contribution in [0, 0.1) is 0 Å². The Morgan fingerprint density at radius 3 is 2.42 bits per heavy atom. The average molecular weight is 295 g/mol. The van der Waals surface area contributed by atoms with Crippen LogP contribution in [0.2, 0.25) is 10.2 Å². The second-order valence-electron chi connectivity index (χ2n) is 4.12. The highest BCUT2D eigenvalue weighted by atomic mass is 35.5. The topological polar surface area (TPSA) is 42.0 Å². The number of hydrogen-bond acceptors (Lipinski definition) is 2. The summed E-state index contributed by atoms with van der Waals surface area (Å²) < 4.78 is 0. The highest BCUT2D eigenvalue weighted by molar-refractivity contribution is 6.30. The maximum atomic E-state index is 12.0. The van der Waals surface area contributed by atoms with Crippen LogP contribution in [0.5, 0.6) is 0 Å². The van der Waals surface area contributed by atoms with Gasteiger partial charge in [-0.2, -0.15) is 0 Å². The maximum Gasteiger partial charge on any atom is 0.253 e. The van der Waals surface area contributed by atoms with Gasteiger partial charge in [0.25, 0.3) is 5.91 Å². The van der Waals surface area contributed by atoms with Crippen LogP contribution in [-0.2, 0) is 0 Å². The number of aromatic nitrogens is 1. The number of hydrogen-bond donors (Lipinski definition) is 1. The molecule has 0 spiro atoms. The van der Waals surface area contributed by atoms with E-state index in [1.807, 2.05) is 19.1 Å². The Labute approximate surface area is 121 Å². The van der Waals surface area contributed by atoms with E-state index >= 15 is 0 Å². The van der Waals surface area contributed by atoms with Crippen LogP contribution in [-0.4, -0.2) is 10.9 Å². The van der Waals surface area contributed by atoms with Gasteiger partial charge in [-0.1, -0.05) is 35.3 Å². The van der Waals surface area contributed by atoms with Crippen molar-refractivity contribution in [3.8, 4) is 0 Å². The molecule has 1 amide bonds. The molecule has 1 aromatic carbocycles. The summed E-state index contributed by atoms with van der Waals surface area (Å²) in [7, 11) is 0. The van der Waals surface area contributed by atoms with Gasteiger partial charge in [0, 0.05) is 11.2 Å². The van der Waals surface area contributed by atoms with E-state index in [1.54, 1.807) is 24.3 Å². The van der Waals surface area contributed by atoms with E-state index < -0.39 is 0 Å². The molecule has 2 rings (SSSR count). The molecule has 1 atom stereocenters. The van der Waals surface area contributed by atoms with E-state index in [2.05, 4.69) is 10.3 Å². The van der Waals surface area contributed by atoms with Crippen molar-refractivity contribution in [3.63, 3.8) is 0 Å². The van der Waals surface area contributed by atoms with Crippen LogP contribution in [0.3, 0.4) is 0 Å². The minimum atomic E-state index is -0.188. The molecule has 19 heavy (non-hydrogen) atoms. The van der Waals surface area contributed by atoms with E-state index in [0.29, 0.717) is 15.7 Å². The Kier molecular flexibility index (Phi) is 4.40. The van der Waals surface area contributed by atoms with Gasteiger partial charge in [-0.25, -0.2) is 4.98 Å². The maximum absolute atomic E-state index is 12.0. The summed E-state index contributed by atoms with van der Waals surface area (Å²) in [6.07, 6.45) is 1.45. The molecule has 1 heterocycles. The Morgan fingerprint density at radius 2 is 1.84 bits per heavy atom. The van der Waals surface area contributed by atoms with Crippen LogP contribution in [0.15, 0.2) is 42.6 Å². The van der Waals surface area contributed by atoms with Crippen molar-refractivity contribution in [3.05, 3.63) is 63.9 Å². The lowest BCUT2D eigenvalue weighted by Crippen LogP contribution is -2.26. The molecule has 1 N–H and O–H groups in total. The lowest BCUT2D eigenvalue weighted by molar-refractivity contribution is 0.0939. The standard InChI is InChI=1S/C14H12Cl2N2O/c1-9(10-2-5-12(15)6-3-10)18-14(19)11-4-7-13(16)17-8-11/h2-9H,1H3,(H,18,19)/t9-/m0/s1. The lowest BCUT2D eigenvalue weighted by atomic mass is 10.1. The molecule has 0 saturated carbocycles. The molecule has 5 heteroatoms. The molecule has 0 aliphatic carbocycles. The quantitative estimate of drug-likeness (QED) is 0.873. The second-order valence-corrected chi connectivity index (χ2v) is 4.94. The Balaban J connectivity index is 2.06. The van der Waals surface area contributed by atoms with Gasteiger partial charge in [-0.05, 0) is 36.8 Å². The third-order valence-corrected chi connectivity index (χ3v) is 3.18. The molecular formula is C14H12Cl2N2O. The summed E-state index contributed by atoms with van der Waals surface area (Å²) in [6.45, 7) is 1.91. The normalized spacial score (nSPS) is 11.9. The van der Waals surface area contributed by atoms with E-state index in [0.717, 1.165) is 5.56 Å². The number of carbonyl (C=O) groups excluding carboxylic acids is 1. The summed E-state index contributed by atoms with van der Waals surface area (Å²) in [5.41, 5.74) is 1.46. The third-order valence-electron chi connectivity index (χ3n) is 2.71. The fraction of sp³-hybridized carbons (Fsp3) is 0.143. The SMILES string of the molecule is C[C@H](NC(=O)c1ccc(Cl)nc1)c1ccc(Cl)cc1. The molecule has 0 aliphatic rings. The van der Waals surface area contributed by atoms with Crippen molar-refractivity contribution in [1.29, 1.82) is 0 Å². The number of nitrogens with zero attached hydrogens (tertiary/aromatic N) is 1. The van der Waals surface area contributed by atoms with E-state index in [-0.39, 0.29) is 11.9 Å². The van der Waals surface area contributed by atoms with Crippen molar-refractivity contribution in [2.45, 2.75) is 13.0 Å². The minimum Gasteiger partial charge on any atom is -0.345 e. The average Bonchev–Trinajstić information content (AvgIpc) is 2.40. The van der Waals surface area contributed by atoms with Gasteiger partial charge in [-0.3, -0.25) is 4.79 Å². The monoisotopic (exact) mass is 294 g/mol. The van der Waals surface area contributed by atoms with Gasteiger partial charge in [0.2, 0.25) is 0 Å². The molecule has 0 radical (unpaired) electrons. The van der Waals surface area contributed by atoms with E-state index in [4.69, 9.17) is 23.2 Å². The van der Waals surface area contributed by atoms with Gasteiger partial charge in [0.1, 0.15) is 5.15 Å². The number of amides is 1. The van der Waals surface area contributed by atoms with Crippen LogP contribution >= 0.6 is 23.2 Å². The smallest absolute Gasteiger partial charge is 0.253 e. The highest BCUT2D eigenvalue weighted by Crippen LogP contribution is 2.16. The van der Waals surface area contributed by atoms with E-state index in [1.165, 1.54) is 6.20 Å². The number of benzene rings is 1. The summed E-state index contributed by atoms with van der Waals surface area (Å²) in [4.78, 5) is 15.9. The lowest BCUT2D eigenvalue weighted by Gasteiger charge is -2.14. The fourth-order valence-corrected chi connectivity index (χ4v) is 1.86. The van der Waals surface area contributed by atoms with Crippen LogP contribution in [0.1, 0.15) is 28.9 Å². The van der Waals surface area contributed by atoms with Crippen molar-refractivity contribution in [2.24, 2.45) is 0 Å². The first-order valence-electron chi connectivity index (χ1n) is 5.74. The fourth-order valence-electron chi connectivity index (χ4n) is 1.62. The zero-order valence-corrected chi connectivity index (χ0v) is 11.7. The Hall–Kier alpha value is -1.58. The molecule has 0 unspecified atom stereocenters. The van der Waals surface area contributed by atoms with Gasteiger partial charge >= 0.3 is 0 Å². The summed E-state index contributed by atoms with van der Waals surface area (Å²) in [6, 6.07) is 10.5. The molecule has 3 nitrogen and oxygen atoms in total. The highest BCUT2D eigenvalue weighted by Gasteiger charge is 2.11. The molecule has 98 valence electrons. The number of pyridine rings is 1. The predicted molar refractivity (Wildman–Crippen MR) is 76.6 cm³/mol. The van der Waals surface area contributed by atoms with Gasteiger partial charge in [0.05, 0.1) is 11.6 Å². The van der Waals surface area contributed by atoms with Crippen molar-refractivity contribution < 1.29 is 4.79 Å². The summed E-state index contributed by atoms with van der Waals surface area (Å²) in [5.74, 6) is -0.188. The first-order valence-corrected chi connectivity index (χ1v) is 6.50. The number of nitrogens with one attached hydrogen (secondary N) is 1. The zero-order valence-electron chi connectivity index (χ0n) is 10.2. The van der Waals surface area contributed by atoms with Gasteiger partial charge < -0.3 is 5.32 Å². The molecule has 0 fully saturated rings. The summed E-state index contributed by atoms with van der Waals surface area (Å²) in [5, 5.41) is 3.92. The summed E-state index contributed by atoms with van der Waals surface area (Å²) >= 11 is 11.5. The molecule has 0 aliphatic heterocycles. The molecule has 2 aromatic rings. The van der Waals surface area contributed by atoms with Crippen LogP contribution in [0.25, 0.3) is 0 Å². The predicted octanol–water partition coefficient (Wildman–Crippen LogP) is 3.88. The van der Waals surface area contributed by atoms with Gasteiger partial charge in [0.15, 0.2) is 0 Å². The van der Waals surface area contributed by atoms with Crippen LogP contribution < -0.4 is 5.32 Å². The number of halogens is 2. The van der Waals surface area contributed by atoms with Gasteiger partial charge in [-0.15, -0.1) is 0 Å². The molecular weight excluding hydrogens is 283 g/mol. The van der Waals surface area contributed by atoms with Crippen LogP contribution in [0.4, 0.5) is 0 Å². The first kappa shape index (κ1) is 13.8. The Morgan fingerprint density at radius 1 is 1.16 bits per heavy atom. The molecule has 1 aromatic heterocycles.